The van der Waals surface area contributed by atoms with Crippen LogP contribution in [0.2, 0.25) is 0 Å². The van der Waals surface area contributed by atoms with Gasteiger partial charge in [-0.2, -0.15) is 4.31 Å². The van der Waals surface area contributed by atoms with Crippen LogP contribution in [0.4, 0.5) is 0 Å². The Hall–Kier alpha value is -0.440. The first kappa shape index (κ1) is 14.0. The molecule has 1 aromatic rings. The van der Waals surface area contributed by atoms with Crippen molar-refractivity contribution in [2.45, 2.75) is 18.2 Å². The molecular weight excluding hydrogens is 342 g/mol. The van der Waals surface area contributed by atoms with Gasteiger partial charge in [-0.1, -0.05) is 6.92 Å². The molecule has 2 heterocycles. The van der Waals surface area contributed by atoms with E-state index in [1.54, 1.807) is 0 Å². The van der Waals surface area contributed by atoms with Crippen LogP contribution in [-0.2, 0) is 10.0 Å². The Balaban J connectivity index is 2.38. The van der Waals surface area contributed by atoms with Gasteiger partial charge in [0.1, 0.15) is 9.77 Å². The first-order chi connectivity index (χ1) is 8.32. The fourth-order valence-electron chi connectivity index (χ4n) is 1.89. The van der Waals surface area contributed by atoms with Gasteiger partial charge in [0.15, 0.2) is 0 Å². The number of carboxylic acid groups (broad SMARTS) is 1. The van der Waals surface area contributed by atoms with Crippen molar-refractivity contribution in [3.05, 3.63) is 14.7 Å². The van der Waals surface area contributed by atoms with E-state index in [4.69, 9.17) is 5.11 Å². The van der Waals surface area contributed by atoms with Gasteiger partial charge in [0.2, 0.25) is 10.0 Å². The maximum Gasteiger partial charge on any atom is 0.345 e. The molecule has 0 bridgehead atoms. The number of carboxylic acids is 1. The summed E-state index contributed by atoms with van der Waals surface area (Å²) in [5, 5.41) is 8.88. The molecule has 1 aliphatic heterocycles. The maximum absolute atomic E-state index is 12.3. The molecule has 1 N–H and O–H groups in total. The first-order valence-electron chi connectivity index (χ1n) is 5.35. The topological polar surface area (TPSA) is 74.7 Å². The Labute approximate surface area is 118 Å². The quantitative estimate of drug-likeness (QED) is 0.903. The number of rotatable bonds is 3. The van der Waals surface area contributed by atoms with Gasteiger partial charge in [0.25, 0.3) is 0 Å². The summed E-state index contributed by atoms with van der Waals surface area (Å²) < 4.78 is 26.5. The summed E-state index contributed by atoms with van der Waals surface area (Å²) in [6, 6.07) is 1.22. The molecule has 0 radical (unpaired) electrons. The van der Waals surface area contributed by atoms with Gasteiger partial charge in [-0.05, 0) is 34.3 Å². The minimum atomic E-state index is -3.58. The molecule has 18 heavy (non-hydrogen) atoms. The molecule has 0 spiro atoms. The number of aromatic carboxylic acids is 1. The number of sulfonamides is 1. The Morgan fingerprint density at radius 3 is 2.72 bits per heavy atom. The van der Waals surface area contributed by atoms with Crippen LogP contribution < -0.4 is 0 Å². The predicted octanol–water partition coefficient (Wildman–Crippen LogP) is 2.24. The zero-order chi connectivity index (χ0) is 13.5. The second-order valence-electron chi connectivity index (χ2n) is 4.31. The van der Waals surface area contributed by atoms with Gasteiger partial charge in [0.05, 0.1) is 3.79 Å². The Bertz CT molecular complexity index is 581. The summed E-state index contributed by atoms with van der Waals surface area (Å²) in [7, 11) is -3.58. The molecule has 0 aliphatic carbocycles. The lowest BCUT2D eigenvalue weighted by molar-refractivity contribution is 0.0702. The van der Waals surface area contributed by atoms with E-state index in [-0.39, 0.29) is 9.77 Å². The number of nitrogens with zero attached hydrogens (tertiary/aromatic N) is 1. The van der Waals surface area contributed by atoms with Crippen LogP contribution in [-0.4, -0.2) is 36.9 Å². The predicted molar refractivity (Wildman–Crippen MR) is 71.5 cm³/mol. The van der Waals surface area contributed by atoms with Crippen LogP contribution in [0.3, 0.4) is 0 Å². The molecule has 1 unspecified atom stereocenters. The molecular formula is C10H12BrNO4S2. The van der Waals surface area contributed by atoms with Crippen molar-refractivity contribution >= 4 is 43.3 Å². The van der Waals surface area contributed by atoms with Gasteiger partial charge in [-0.15, -0.1) is 11.3 Å². The fraction of sp³-hybridized carbons (Fsp3) is 0.500. The average Bonchev–Trinajstić information content (AvgIpc) is 2.85. The molecule has 0 aromatic carbocycles. The largest absolute Gasteiger partial charge is 0.477 e. The molecule has 1 aliphatic rings. The lowest BCUT2D eigenvalue weighted by atomic mass is 10.2. The smallest absolute Gasteiger partial charge is 0.345 e. The zero-order valence-corrected chi connectivity index (χ0v) is 12.8. The maximum atomic E-state index is 12.3. The van der Waals surface area contributed by atoms with Gasteiger partial charge in [0, 0.05) is 13.1 Å². The third-order valence-corrected chi connectivity index (χ3v) is 6.98. The summed E-state index contributed by atoms with van der Waals surface area (Å²) >= 11 is 4.05. The van der Waals surface area contributed by atoms with Crippen molar-refractivity contribution < 1.29 is 18.3 Å². The standard InChI is InChI=1S/C10H12BrNO4S2/c1-6-2-3-12(5-6)18(15,16)8-4-7(10(13)14)17-9(8)11/h4,6H,2-3,5H2,1H3,(H,13,14). The van der Waals surface area contributed by atoms with Gasteiger partial charge in [-0.3, -0.25) is 0 Å². The monoisotopic (exact) mass is 353 g/mol. The second kappa shape index (κ2) is 4.92. The molecule has 1 aromatic heterocycles. The second-order valence-corrected chi connectivity index (χ2v) is 8.59. The highest BCUT2D eigenvalue weighted by Gasteiger charge is 2.33. The van der Waals surface area contributed by atoms with Crippen molar-refractivity contribution in [1.82, 2.24) is 4.31 Å². The number of hydrogen-bond acceptors (Lipinski definition) is 4. The SMILES string of the molecule is CC1CCN(S(=O)(=O)c2cc(C(=O)O)sc2Br)C1. The summed E-state index contributed by atoms with van der Waals surface area (Å²) in [6.45, 7) is 2.99. The molecule has 8 heteroatoms. The van der Waals surface area contributed by atoms with E-state index in [1.165, 1.54) is 10.4 Å². The normalized spacial score (nSPS) is 21.3. The van der Waals surface area contributed by atoms with Gasteiger partial charge < -0.3 is 5.11 Å². The molecule has 1 atom stereocenters. The minimum absolute atomic E-state index is 0.0210. The zero-order valence-electron chi connectivity index (χ0n) is 9.59. The third kappa shape index (κ3) is 2.47. The lowest BCUT2D eigenvalue weighted by Gasteiger charge is -2.15. The van der Waals surface area contributed by atoms with Crippen LogP contribution in [0.1, 0.15) is 23.0 Å². The minimum Gasteiger partial charge on any atom is -0.477 e. The van der Waals surface area contributed by atoms with E-state index in [2.05, 4.69) is 15.9 Å². The molecule has 2 rings (SSSR count). The number of thiophene rings is 1. The fourth-order valence-corrected chi connectivity index (χ4v) is 5.81. The van der Waals surface area contributed by atoms with Crippen molar-refractivity contribution in [2.75, 3.05) is 13.1 Å². The van der Waals surface area contributed by atoms with Crippen molar-refractivity contribution in [2.24, 2.45) is 5.92 Å². The summed E-state index contributed by atoms with van der Waals surface area (Å²) in [5.74, 6) is -0.770. The van der Waals surface area contributed by atoms with E-state index >= 15 is 0 Å². The lowest BCUT2D eigenvalue weighted by Crippen LogP contribution is -2.28. The number of halogens is 1. The third-order valence-electron chi connectivity index (χ3n) is 2.87. The van der Waals surface area contributed by atoms with E-state index in [0.29, 0.717) is 22.8 Å². The van der Waals surface area contributed by atoms with E-state index in [1.807, 2.05) is 6.92 Å². The molecule has 100 valence electrons. The Morgan fingerprint density at radius 1 is 1.61 bits per heavy atom. The van der Waals surface area contributed by atoms with Crippen molar-refractivity contribution in [3.63, 3.8) is 0 Å². The van der Waals surface area contributed by atoms with E-state index in [0.717, 1.165) is 17.8 Å². The van der Waals surface area contributed by atoms with E-state index < -0.39 is 16.0 Å². The van der Waals surface area contributed by atoms with Crippen LogP contribution in [0.15, 0.2) is 14.7 Å². The van der Waals surface area contributed by atoms with E-state index in [9.17, 15) is 13.2 Å². The Kier molecular flexibility index (Phi) is 3.82. The summed E-state index contributed by atoms with van der Waals surface area (Å²) in [4.78, 5) is 10.9. The molecule has 0 amide bonds. The molecule has 1 saturated heterocycles. The highest BCUT2D eigenvalue weighted by atomic mass is 79.9. The molecule has 0 saturated carbocycles. The first-order valence-corrected chi connectivity index (χ1v) is 8.40. The van der Waals surface area contributed by atoms with Gasteiger partial charge in [-0.25, -0.2) is 13.2 Å². The van der Waals surface area contributed by atoms with Crippen molar-refractivity contribution in [3.8, 4) is 0 Å². The number of hydrogen-bond donors (Lipinski definition) is 1. The molecule has 5 nitrogen and oxygen atoms in total. The van der Waals surface area contributed by atoms with Crippen LogP contribution in [0.25, 0.3) is 0 Å². The van der Waals surface area contributed by atoms with Crippen LogP contribution in [0.5, 0.6) is 0 Å². The average molecular weight is 354 g/mol. The highest BCUT2D eigenvalue weighted by molar-refractivity contribution is 9.11. The van der Waals surface area contributed by atoms with Crippen molar-refractivity contribution in [1.29, 1.82) is 0 Å². The van der Waals surface area contributed by atoms with Gasteiger partial charge >= 0.3 is 5.97 Å². The van der Waals surface area contributed by atoms with Crippen LogP contribution in [0, 0.1) is 5.92 Å². The van der Waals surface area contributed by atoms with Crippen LogP contribution >= 0.6 is 27.3 Å². The highest BCUT2D eigenvalue weighted by Crippen LogP contribution is 2.35. The Morgan fingerprint density at radius 2 is 2.28 bits per heavy atom. The summed E-state index contributed by atoms with van der Waals surface area (Å²) in [5.41, 5.74) is 0. The summed E-state index contributed by atoms with van der Waals surface area (Å²) in [6.07, 6.45) is 0.840. The number of carbonyl (C=O) groups is 1. The molecule has 1 fully saturated rings.